The minimum atomic E-state index is 0.862. The van der Waals surface area contributed by atoms with Crippen molar-refractivity contribution in [3.63, 3.8) is 0 Å². The standard InChI is InChI=1S/C22H38/c1-4-5-6-7-8-11-14-21-16-18-22(19-17-21)15-12-9-10-13-20(2)3/h16-20H,4-15H2,1-3H3. The van der Waals surface area contributed by atoms with Gasteiger partial charge in [-0.3, -0.25) is 0 Å². The first-order chi connectivity index (χ1) is 10.7. The molecule has 0 aromatic heterocycles. The minimum Gasteiger partial charge on any atom is -0.0654 e. The molecule has 0 atom stereocenters. The minimum absolute atomic E-state index is 0.862. The van der Waals surface area contributed by atoms with Crippen LogP contribution in [0.5, 0.6) is 0 Å². The maximum Gasteiger partial charge on any atom is -0.0279 e. The van der Waals surface area contributed by atoms with E-state index < -0.39 is 0 Å². The molecule has 0 radical (unpaired) electrons. The molecule has 0 N–H and O–H groups in total. The van der Waals surface area contributed by atoms with E-state index in [0.717, 1.165) is 5.92 Å². The molecule has 22 heavy (non-hydrogen) atoms. The zero-order valence-corrected chi connectivity index (χ0v) is 15.4. The zero-order valence-electron chi connectivity index (χ0n) is 15.4. The van der Waals surface area contributed by atoms with Crippen LogP contribution in [0.25, 0.3) is 0 Å². The predicted octanol–water partition coefficient (Wildman–Crippen LogP) is 7.35. The topological polar surface area (TPSA) is 0 Å². The van der Waals surface area contributed by atoms with E-state index in [1.807, 2.05) is 0 Å². The molecule has 0 aliphatic heterocycles. The van der Waals surface area contributed by atoms with Crippen molar-refractivity contribution in [1.82, 2.24) is 0 Å². The molecule has 0 amide bonds. The smallest absolute Gasteiger partial charge is 0.0279 e. The van der Waals surface area contributed by atoms with Gasteiger partial charge in [-0.05, 0) is 42.7 Å². The fraction of sp³-hybridized carbons (Fsp3) is 0.727. The second-order valence-corrected chi connectivity index (χ2v) is 7.33. The first-order valence-electron chi connectivity index (χ1n) is 9.80. The van der Waals surface area contributed by atoms with Crippen molar-refractivity contribution in [2.45, 2.75) is 97.8 Å². The van der Waals surface area contributed by atoms with Crippen LogP contribution in [0, 0.1) is 5.92 Å². The van der Waals surface area contributed by atoms with E-state index in [9.17, 15) is 0 Å². The van der Waals surface area contributed by atoms with Crippen molar-refractivity contribution < 1.29 is 0 Å². The number of hydrogen-bond acceptors (Lipinski definition) is 0. The highest BCUT2D eigenvalue weighted by Gasteiger charge is 1.98. The van der Waals surface area contributed by atoms with E-state index >= 15 is 0 Å². The zero-order chi connectivity index (χ0) is 16.0. The summed E-state index contributed by atoms with van der Waals surface area (Å²) in [5.41, 5.74) is 3.05. The highest BCUT2D eigenvalue weighted by molar-refractivity contribution is 5.22. The fourth-order valence-electron chi connectivity index (χ4n) is 3.04. The summed E-state index contributed by atoms with van der Waals surface area (Å²) in [4.78, 5) is 0. The Morgan fingerprint density at radius 3 is 1.59 bits per heavy atom. The van der Waals surface area contributed by atoms with Crippen molar-refractivity contribution in [2.75, 3.05) is 0 Å². The van der Waals surface area contributed by atoms with Gasteiger partial charge in [0.15, 0.2) is 0 Å². The van der Waals surface area contributed by atoms with Crippen LogP contribution in [0.3, 0.4) is 0 Å². The molecule has 126 valence electrons. The lowest BCUT2D eigenvalue weighted by Crippen LogP contribution is -1.91. The van der Waals surface area contributed by atoms with Gasteiger partial charge in [-0.25, -0.2) is 0 Å². The van der Waals surface area contributed by atoms with Crippen LogP contribution in [0.4, 0.5) is 0 Å². The molecule has 1 aromatic rings. The van der Waals surface area contributed by atoms with Gasteiger partial charge >= 0.3 is 0 Å². The molecule has 0 nitrogen and oxygen atoms in total. The Labute approximate surface area is 139 Å². The predicted molar refractivity (Wildman–Crippen MR) is 101 cm³/mol. The lowest BCUT2D eigenvalue weighted by Gasteiger charge is -2.06. The van der Waals surface area contributed by atoms with Crippen LogP contribution >= 0.6 is 0 Å². The average molecular weight is 303 g/mol. The summed E-state index contributed by atoms with van der Waals surface area (Å²) in [6.07, 6.45) is 16.4. The van der Waals surface area contributed by atoms with Crippen LogP contribution < -0.4 is 0 Å². The first kappa shape index (κ1) is 19.3. The molecular weight excluding hydrogens is 264 g/mol. The van der Waals surface area contributed by atoms with Crippen LogP contribution in [-0.4, -0.2) is 0 Å². The Kier molecular flexibility index (Phi) is 11.2. The normalized spacial score (nSPS) is 11.3. The second kappa shape index (κ2) is 12.7. The second-order valence-electron chi connectivity index (χ2n) is 7.33. The van der Waals surface area contributed by atoms with Gasteiger partial charge in [0.25, 0.3) is 0 Å². The third kappa shape index (κ3) is 10.0. The number of benzene rings is 1. The van der Waals surface area contributed by atoms with Crippen LogP contribution in [0.1, 0.15) is 96.1 Å². The SMILES string of the molecule is CCCCCCCCc1ccc(CCCCCC(C)C)cc1. The summed E-state index contributed by atoms with van der Waals surface area (Å²) < 4.78 is 0. The summed E-state index contributed by atoms with van der Waals surface area (Å²) in [5, 5.41) is 0. The molecule has 0 heteroatoms. The Hall–Kier alpha value is -0.780. The number of rotatable bonds is 13. The number of unbranched alkanes of at least 4 members (excludes halogenated alkanes) is 7. The van der Waals surface area contributed by atoms with Crippen LogP contribution in [0.2, 0.25) is 0 Å². The van der Waals surface area contributed by atoms with E-state index in [0.29, 0.717) is 0 Å². The summed E-state index contributed by atoms with van der Waals surface area (Å²) in [6, 6.07) is 9.43. The quantitative estimate of drug-likeness (QED) is 0.334. The molecule has 0 spiro atoms. The Morgan fingerprint density at radius 1 is 0.636 bits per heavy atom. The highest BCUT2D eigenvalue weighted by Crippen LogP contribution is 2.14. The van der Waals surface area contributed by atoms with Gasteiger partial charge in [0.2, 0.25) is 0 Å². The van der Waals surface area contributed by atoms with Crippen LogP contribution in [0.15, 0.2) is 24.3 Å². The summed E-state index contributed by atoms with van der Waals surface area (Å²) >= 11 is 0. The van der Waals surface area contributed by atoms with Crippen molar-refractivity contribution in [1.29, 1.82) is 0 Å². The molecule has 0 bridgehead atoms. The number of hydrogen-bond donors (Lipinski definition) is 0. The van der Waals surface area contributed by atoms with E-state index in [4.69, 9.17) is 0 Å². The number of aryl methyl sites for hydroxylation is 2. The molecule has 0 saturated carbocycles. The Bertz CT molecular complexity index is 347. The lowest BCUT2D eigenvalue weighted by molar-refractivity contribution is 0.527. The largest absolute Gasteiger partial charge is 0.0654 e. The first-order valence-corrected chi connectivity index (χ1v) is 9.80. The molecule has 0 aliphatic rings. The highest BCUT2D eigenvalue weighted by atomic mass is 14.0. The Balaban J connectivity index is 2.09. The van der Waals surface area contributed by atoms with Gasteiger partial charge in [0.1, 0.15) is 0 Å². The summed E-state index contributed by atoms with van der Waals surface area (Å²) in [6.45, 7) is 6.93. The van der Waals surface area contributed by atoms with Crippen LogP contribution in [-0.2, 0) is 12.8 Å². The van der Waals surface area contributed by atoms with Gasteiger partial charge in [-0.15, -0.1) is 0 Å². The monoisotopic (exact) mass is 302 g/mol. The van der Waals surface area contributed by atoms with E-state index in [1.165, 1.54) is 88.2 Å². The van der Waals surface area contributed by atoms with Gasteiger partial charge in [0.05, 0.1) is 0 Å². The van der Waals surface area contributed by atoms with Crippen molar-refractivity contribution in [3.05, 3.63) is 35.4 Å². The molecule has 0 aliphatic carbocycles. The third-order valence-electron chi connectivity index (χ3n) is 4.59. The molecular formula is C22H38. The van der Waals surface area contributed by atoms with Gasteiger partial charge in [-0.2, -0.15) is 0 Å². The lowest BCUT2D eigenvalue weighted by atomic mass is 10.00. The van der Waals surface area contributed by atoms with Crippen molar-refractivity contribution in [3.8, 4) is 0 Å². The van der Waals surface area contributed by atoms with Crippen molar-refractivity contribution in [2.24, 2.45) is 5.92 Å². The maximum absolute atomic E-state index is 2.36. The summed E-state index contributed by atoms with van der Waals surface area (Å²) in [5.74, 6) is 0.862. The van der Waals surface area contributed by atoms with Gasteiger partial charge in [0, 0.05) is 0 Å². The maximum atomic E-state index is 2.36. The van der Waals surface area contributed by atoms with Gasteiger partial charge < -0.3 is 0 Å². The molecule has 0 fully saturated rings. The van der Waals surface area contributed by atoms with E-state index in [-0.39, 0.29) is 0 Å². The average Bonchev–Trinajstić information content (AvgIpc) is 2.51. The van der Waals surface area contributed by atoms with E-state index in [2.05, 4.69) is 45.0 Å². The van der Waals surface area contributed by atoms with E-state index in [1.54, 1.807) is 0 Å². The fourth-order valence-corrected chi connectivity index (χ4v) is 3.04. The molecule has 1 rings (SSSR count). The Morgan fingerprint density at radius 2 is 1.09 bits per heavy atom. The molecule has 0 saturated heterocycles. The molecule has 1 aromatic carbocycles. The van der Waals surface area contributed by atoms with Gasteiger partial charge in [-0.1, -0.05) is 96.4 Å². The molecule has 0 heterocycles. The summed E-state index contributed by atoms with van der Waals surface area (Å²) in [7, 11) is 0. The van der Waals surface area contributed by atoms with Crippen molar-refractivity contribution >= 4 is 0 Å². The molecule has 0 unspecified atom stereocenters. The third-order valence-corrected chi connectivity index (χ3v) is 4.59.